The van der Waals surface area contributed by atoms with E-state index in [1.54, 1.807) is 12.1 Å². The van der Waals surface area contributed by atoms with Gasteiger partial charge in [-0.2, -0.15) is 0 Å². The first kappa shape index (κ1) is 12.8. The molecule has 1 aromatic carbocycles. The van der Waals surface area contributed by atoms with Crippen molar-refractivity contribution in [2.75, 3.05) is 19.7 Å². The standard InChI is InChI=1S/C13H17ClFNO/c14-12-3-4-13(15)11(6-12)9-17-8-10-2-1-5-16-7-10/h3-4,6,10,16H,1-2,5,7-9H2. The fourth-order valence-electron chi connectivity index (χ4n) is 2.06. The van der Waals surface area contributed by atoms with E-state index in [9.17, 15) is 4.39 Å². The first-order chi connectivity index (χ1) is 8.25. The van der Waals surface area contributed by atoms with E-state index in [1.807, 2.05) is 0 Å². The molecule has 1 aromatic rings. The lowest BCUT2D eigenvalue weighted by Crippen LogP contribution is -2.32. The van der Waals surface area contributed by atoms with Crippen LogP contribution in [0.25, 0.3) is 0 Å². The van der Waals surface area contributed by atoms with Crippen LogP contribution in [0.3, 0.4) is 0 Å². The van der Waals surface area contributed by atoms with Crippen molar-refractivity contribution < 1.29 is 9.13 Å². The third kappa shape index (κ3) is 3.95. The van der Waals surface area contributed by atoms with E-state index in [1.165, 1.54) is 18.9 Å². The van der Waals surface area contributed by atoms with E-state index >= 15 is 0 Å². The normalized spacial score (nSPS) is 20.5. The van der Waals surface area contributed by atoms with Crippen molar-refractivity contribution in [2.45, 2.75) is 19.4 Å². The van der Waals surface area contributed by atoms with Crippen molar-refractivity contribution in [3.8, 4) is 0 Å². The number of piperidine rings is 1. The summed E-state index contributed by atoms with van der Waals surface area (Å²) in [6.07, 6.45) is 2.38. The van der Waals surface area contributed by atoms with Crippen molar-refractivity contribution in [2.24, 2.45) is 5.92 Å². The van der Waals surface area contributed by atoms with Crippen molar-refractivity contribution in [3.63, 3.8) is 0 Å². The van der Waals surface area contributed by atoms with E-state index in [2.05, 4.69) is 5.32 Å². The summed E-state index contributed by atoms with van der Waals surface area (Å²) in [6.45, 7) is 3.07. The highest BCUT2D eigenvalue weighted by molar-refractivity contribution is 6.30. The SMILES string of the molecule is Fc1ccc(Cl)cc1COCC1CCCNC1. The third-order valence-corrected chi connectivity index (χ3v) is 3.25. The maximum atomic E-state index is 13.4. The van der Waals surface area contributed by atoms with E-state index in [4.69, 9.17) is 16.3 Å². The largest absolute Gasteiger partial charge is 0.376 e. The van der Waals surface area contributed by atoms with Gasteiger partial charge < -0.3 is 10.1 Å². The average Bonchev–Trinajstić information content (AvgIpc) is 2.35. The Hall–Kier alpha value is -0.640. The average molecular weight is 258 g/mol. The summed E-state index contributed by atoms with van der Waals surface area (Å²) in [6, 6.07) is 4.55. The molecule has 0 bridgehead atoms. The molecule has 1 unspecified atom stereocenters. The van der Waals surface area contributed by atoms with E-state index in [0.29, 0.717) is 29.7 Å². The Morgan fingerprint density at radius 2 is 2.35 bits per heavy atom. The fraction of sp³-hybridized carbons (Fsp3) is 0.538. The first-order valence-electron chi connectivity index (χ1n) is 5.98. The van der Waals surface area contributed by atoms with Gasteiger partial charge in [0.1, 0.15) is 5.82 Å². The van der Waals surface area contributed by atoms with E-state index < -0.39 is 0 Å². The van der Waals surface area contributed by atoms with Crippen LogP contribution in [0.15, 0.2) is 18.2 Å². The highest BCUT2D eigenvalue weighted by atomic mass is 35.5. The zero-order valence-electron chi connectivity index (χ0n) is 9.72. The van der Waals surface area contributed by atoms with Crippen molar-refractivity contribution in [1.29, 1.82) is 0 Å². The Morgan fingerprint density at radius 3 is 3.12 bits per heavy atom. The second-order valence-electron chi connectivity index (χ2n) is 4.46. The van der Waals surface area contributed by atoms with Crippen LogP contribution in [0.5, 0.6) is 0 Å². The van der Waals surface area contributed by atoms with Gasteiger partial charge in [-0.3, -0.25) is 0 Å². The summed E-state index contributed by atoms with van der Waals surface area (Å²) in [7, 11) is 0. The third-order valence-electron chi connectivity index (χ3n) is 3.02. The Kier molecular flexibility index (Phi) is 4.77. The molecule has 4 heteroatoms. The summed E-state index contributed by atoms with van der Waals surface area (Å²) in [5.41, 5.74) is 0.529. The molecule has 0 aliphatic carbocycles. The number of nitrogens with one attached hydrogen (secondary N) is 1. The molecule has 17 heavy (non-hydrogen) atoms. The predicted molar refractivity (Wildman–Crippen MR) is 66.7 cm³/mol. The highest BCUT2D eigenvalue weighted by Gasteiger charge is 2.13. The van der Waals surface area contributed by atoms with Gasteiger partial charge in [-0.25, -0.2) is 4.39 Å². The van der Waals surface area contributed by atoms with E-state index in [-0.39, 0.29) is 5.82 Å². The first-order valence-corrected chi connectivity index (χ1v) is 6.36. The molecular weight excluding hydrogens is 241 g/mol. The minimum absolute atomic E-state index is 0.254. The molecule has 0 spiro atoms. The topological polar surface area (TPSA) is 21.3 Å². The molecular formula is C13H17ClFNO. The van der Waals surface area contributed by atoms with Gasteiger partial charge >= 0.3 is 0 Å². The van der Waals surface area contributed by atoms with Crippen LogP contribution >= 0.6 is 11.6 Å². The number of halogens is 2. The zero-order chi connectivity index (χ0) is 12.1. The second-order valence-corrected chi connectivity index (χ2v) is 4.90. The molecule has 0 amide bonds. The van der Waals surface area contributed by atoms with Gasteiger partial charge in [0, 0.05) is 17.1 Å². The molecule has 1 atom stereocenters. The summed E-state index contributed by atoms with van der Waals surface area (Å²) in [4.78, 5) is 0. The van der Waals surface area contributed by atoms with Gasteiger partial charge in [-0.1, -0.05) is 11.6 Å². The molecule has 1 saturated heterocycles. The van der Waals surface area contributed by atoms with Gasteiger partial charge in [0.15, 0.2) is 0 Å². The summed E-state index contributed by atoms with van der Waals surface area (Å²) < 4.78 is 18.9. The van der Waals surface area contributed by atoms with Crippen LogP contribution in [0, 0.1) is 11.7 Å². The lowest BCUT2D eigenvalue weighted by molar-refractivity contribution is 0.0766. The molecule has 0 radical (unpaired) electrons. The Bertz CT molecular complexity index is 366. The molecule has 1 aliphatic heterocycles. The van der Waals surface area contributed by atoms with Crippen LogP contribution in [0.1, 0.15) is 18.4 Å². The van der Waals surface area contributed by atoms with Crippen LogP contribution in [-0.2, 0) is 11.3 Å². The molecule has 2 rings (SSSR count). The number of ether oxygens (including phenoxy) is 1. The second kappa shape index (κ2) is 6.34. The van der Waals surface area contributed by atoms with Gasteiger partial charge in [0.2, 0.25) is 0 Å². The number of hydrogen-bond donors (Lipinski definition) is 1. The van der Waals surface area contributed by atoms with Gasteiger partial charge in [-0.15, -0.1) is 0 Å². The molecule has 1 heterocycles. The van der Waals surface area contributed by atoms with Gasteiger partial charge in [-0.05, 0) is 43.5 Å². The maximum Gasteiger partial charge on any atom is 0.128 e. The zero-order valence-corrected chi connectivity index (χ0v) is 10.5. The Morgan fingerprint density at radius 1 is 1.47 bits per heavy atom. The lowest BCUT2D eigenvalue weighted by Gasteiger charge is -2.22. The Labute approximate surface area is 106 Å². The van der Waals surface area contributed by atoms with Crippen LogP contribution < -0.4 is 5.32 Å². The molecule has 0 saturated carbocycles. The monoisotopic (exact) mass is 257 g/mol. The minimum atomic E-state index is -0.254. The summed E-state index contributed by atoms with van der Waals surface area (Å²) >= 11 is 5.81. The van der Waals surface area contributed by atoms with Crippen LogP contribution in [0.2, 0.25) is 5.02 Å². The van der Waals surface area contributed by atoms with E-state index in [0.717, 1.165) is 13.1 Å². The molecule has 1 aliphatic rings. The highest BCUT2D eigenvalue weighted by Crippen LogP contribution is 2.17. The number of hydrogen-bond acceptors (Lipinski definition) is 2. The predicted octanol–water partition coefficient (Wildman–Crippen LogP) is 3.00. The lowest BCUT2D eigenvalue weighted by atomic mass is 10.0. The summed E-state index contributed by atoms with van der Waals surface area (Å²) in [5.74, 6) is 0.294. The molecule has 2 nitrogen and oxygen atoms in total. The molecule has 0 aromatic heterocycles. The number of benzene rings is 1. The van der Waals surface area contributed by atoms with Crippen molar-refractivity contribution >= 4 is 11.6 Å². The fourth-order valence-corrected chi connectivity index (χ4v) is 2.25. The summed E-state index contributed by atoms with van der Waals surface area (Å²) in [5, 5.41) is 3.87. The molecule has 94 valence electrons. The van der Waals surface area contributed by atoms with Crippen molar-refractivity contribution in [3.05, 3.63) is 34.6 Å². The van der Waals surface area contributed by atoms with Gasteiger partial charge in [0.25, 0.3) is 0 Å². The Balaban J connectivity index is 1.79. The van der Waals surface area contributed by atoms with Gasteiger partial charge in [0.05, 0.1) is 13.2 Å². The maximum absolute atomic E-state index is 13.4. The molecule has 1 fully saturated rings. The number of rotatable bonds is 4. The van der Waals surface area contributed by atoms with Crippen LogP contribution in [-0.4, -0.2) is 19.7 Å². The van der Waals surface area contributed by atoms with Crippen LogP contribution in [0.4, 0.5) is 4.39 Å². The quantitative estimate of drug-likeness (QED) is 0.895. The smallest absolute Gasteiger partial charge is 0.128 e. The molecule has 1 N–H and O–H groups in total. The van der Waals surface area contributed by atoms with Crippen molar-refractivity contribution in [1.82, 2.24) is 5.32 Å². The minimum Gasteiger partial charge on any atom is -0.376 e.